The molecule has 4 nitrogen and oxygen atoms in total. The summed E-state index contributed by atoms with van der Waals surface area (Å²) in [6.45, 7) is 0. The number of alkyl halides is 2. The highest BCUT2D eigenvalue weighted by molar-refractivity contribution is 9.10. The third-order valence-corrected chi connectivity index (χ3v) is 5.35. The van der Waals surface area contributed by atoms with Crippen LogP contribution >= 0.6 is 15.9 Å². The van der Waals surface area contributed by atoms with E-state index in [1.807, 2.05) is 0 Å². The Bertz CT molecular complexity index is 1090. The molecule has 0 aliphatic rings. The molecule has 0 N–H and O–H groups in total. The van der Waals surface area contributed by atoms with E-state index in [-0.39, 0.29) is 16.8 Å². The molecule has 0 atom stereocenters. The van der Waals surface area contributed by atoms with Gasteiger partial charge in [0, 0.05) is 16.3 Å². The molecule has 3 rings (SSSR count). The van der Waals surface area contributed by atoms with Gasteiger partial charge in [0.15, 0.2) is 9.84 Å². The summed E-state index contributed by atoms with van der Waals surface area (Å²) in [5.74, 6) is -3.66. The van der Waals surface area contributed by atoms with Crippen molar-refractivity contribution in [1.29, 1.82) is 0 Å². The fourth-order valence-corrected chi connectivity index (χ4v) is 3.68. The minimum atomic E-state index is -4.19. The molecule has 27 heavy (non-hydrogen) atoms. The normalized spacial score (nSPS) is 12.0. The molecule has 2 aromatic carbocycles. The van der Waals surface area contributed by atoms with Crippen LogP contribution in [0.3, 0.4) is 0 Å². The quantitative estimate of drug-likeness (QED) is 0.486. The van der Waals surface area contributed by atoms with E-state index < -0.39 is 38.6 Å². The third-order valence-electron chi connectivity index (χ3n) is 3.69. The van der Waals surface area contributed by atoms with Gasteiger partial charge in [-0.15, -0.1) is 0 Å². The minimum Gasteiger partial charge on any atom is -0.354 e. The molecule has 3 aromatic rings. The van der Waals surface area contributed by atoms with E-state index in [1.165, 1.54) is 0 Å². The van der Waals surface area contributed by atoms with Gasteiger partial charge in [-0.1, -0.05) is 33.2 Å². The number of aromatic nitrogens is 1. The van der Waals surface area contributed by atoms with E-state index in [9.17, 15) is 26.0 Å². The highest BCUT2D eigenvalue weighted by Gasteiger charge is 2.28. The van der Waals surface area contributed by atoms with Crippen molar-refractivity contribution in [3.05, 3.63) is 58.3 Å². The van der Waals surface area contributed by atoms with Crippen LogP contribution in [0.4, 0.5) is 17.6 Å². The van der Waals surface area contributed by atoms with Gasteiger partial charge in [0.05, 0.1) is 5.56 Å². The van der Waals surface area contributed by atoms with Gasteiger partial charge in [-0.3, -0.25) is 0 Å². The van der Waals surface area contributed by atoms with Crippen LogP contribution in [0.15, 0.2) is 50.3 Å². The lowest BCUT2D eigenvalue weighted by atomic mass is 9.99. The number of halogens is 5. The highest BCUT2D eigenvalue weighted by atomic mass is 79.9. The zero-order chi connectivity index (χ0) is 19.9. The fourth-order valence-electron chi connectivity index (χ4n) is 2.59. The minimum absolute atomic E-state index is 0.0521. The van der Waals surface area contributed by atoms with E-state index in [0.717, 1.165) is 4.47 Å². The van der Waals surface area contributed by atoms with Crippen molar-refractivity contribution >= 4 is 25.8 Å². The van der Waals surface area contributed by atoms with Crippen LogP contribution in [0.5, 0.6) is 0 Å². The van der Waals surface area contributed by atoms with Gasteiger partial charge in [0.1, 0.15) is 22.2 Å². The van der Waals surface area contributed by atoms with Gasteiger partial charge in [0.25, 0.3) is 6.43 Å². The Kier molecular flexibility index (Phi) is 5.13. The molecule has 1 heterocycles. The van der Waals surface area contributed by atoms with E-state index in [2.05, 4.69) is 21.1 Å². The standard InChI is InChI=1S/C17H10BrF4NO3S/c1-27(24,25)16-11(19)6-9(7-12(16)20)13-14(23-26-15(13)17(21)22)8-2-4-10(18)5-3-8/h2-7,17H,1H3. The molecule has 0 aliphatic heterocycles. The molecule has 142 valence electrons. The van der Waals surface area contributed by atoms with E-state index in [4.69, 9.17) is 4.52 Å². The van der Waals surface area contributed by atoms with Crippen molar-refractivity contribution in [1.82, 2.24) is 5.16 Å². The number of hydrogen-bond acceptors (Lipinski definition) is 4. The van der Waals surface area contributed by atoms with Gasteiger partial charge in [-0.05, 0) is 29.8 Å². The monoisotopic (exact) mass is 463 g/mol. The summed E-state index contributed by atoms with van der Waals surface area (Å²) < 4.78 is 83.7. The maximum atomic E-state index is 14.3. The lowest BCUT2D eigenvalue weighted by Crippen LogP contribution is -2.05. The molecule has 0 radical (unpaired) electrons. The summed E-state index contributed by atoms with van der Waals surface area (Å²) in [5, 5.41) is 3.61. The Hall–Kier alpha value is -2.20. The first-order chi connectivity index (χ1) is 12.6. The van der Waals surface area contributed by atoms with E-state index in [1.54, 1.807) is 24.3 Å². The first-order valence-electron chi connectivity index (χ1n) is 7.32. The molecule has 0 spiro atoms. The van der Waals surface area contributed by atoms with Crippen molar-refractivity contribution < 1.29 is 30.5 Å². The maximum absolute atomic E-state index is 14.3. The van der Waals surface area contributed by atoms with Crippen LogP contribution in [-0.2, 0) is 9.84 Å². The molecule has 1 aromatic heterocycles. The topological polar surface area (TPSA) is 60.2 Å². The third kappa shape index (κ3) is 3.77. The Morgan fingerprint density at radius 1 is 1.04 bits per heavy atom. The zero-order valence-electron chi connectivity index (χ0n) is 13.5. The second-order valence-corrected chi connectivity index (χ2v) is 8.49. The second-order valence-electron chi connectivity index (χ2n) is 5.62. The maximum Gasteiger partial charge on any atom is 0.298 e. The van der Waals surface area contributed by atoms with Crippen LogP contribution in [-0.4, -0.2) is 19.8 Å². The molecule has 0 saturated heterocycles. The lowest BCUT2D eigenvalue weighted by molar-refractivity contribution is 0.113. The largest absolute Gasteiger partial charge is 0.354 e. The summed E-state index contributed by atoms with van der Waals surface area (Å²) in [7, 11) is -4.19. The van der Waals surface area contributed by atoms with Crippen LogP contribution in [0, 0.1) is 11.6 Å². The van der Waals surface area contributed by atoms with Crippen molar-refractivity contribution in [2.24, 2.45) is 0 Å². The van der Waals surface area contributed by atoms with Crippen molar-refractivity contribution in [3.63, 3.8) is 0 Å². The molecule has 0 aliphatic carbocycles. The molecule has 0 amide bonds. The summed E-state index contributed by atoms with van der Waals surface area (Å²) in [5.41, 5.74) is -0.308. The Balaban J connectivity index is 2.28. The van der Waals surface area contributed by atoms with Gasteiger partial charge < -0.3 is 4.52 Å². The summed E-state index contributed by atoms with van der Waals surface area (Å²) in [6.07, 6.45) is -2.46. The van der Waals surface area contributed by atoms with E-state index in [0.29, 0.717) is 24.0 Å². The Morgan fingerprint density at radius 2 is 1.59 bits per heavy atom. The van der Waals surface area contributed by atoms with Crippen LogP contribution in [0.1, 0.15) is 12.2 Å². The zero-order valence-corrected chi connectivity index (χ0v) is 15.9. The predicted molar refractivity (Wildman–Crippen MR) is 93.1 cm³/mol. The Labute approximate surface area is 159 Å². The van der Waals surface area contributed by atoms with Gasteiger partial charge in [-0.25, -0.2) is 26.0 Å². The average Bonchev–Trinajstić information content (AvgIpc) is 2.98. The smallest absolute Gasteiger partial charge is 0.298 e. The molecule has 10 heteroatoms. The SMILES string of the molecule is CS(=O)(=O)c1c(F)cc(-c2c(-c3ccc(Br)cc3)noc2C(F)F)cc1F. The molecule has 0 bridgehead atoms. The lowest BCUT2D eigenvalue weighted by Gasteiger charge is -2.08. The summed E-state index contributed by atoms with van der Waals surface area (Å²) in [4.78, 5) is -1.13. The van der Waals surface area contributed by atoms with Crippen molar-refractivity contribution in [2.75, 3.05) is 6.26 Å². The van der Waals surface area contributed by atoms with Crippen LogP contribution in [0.25, 0.3) is 22.4 Å². The van der Waals surface area contributed by atoms with Crippen molar-refractivity contribution in [3.8, 4) is 22.4 Å². The van der Waals surface area contributed by atoms with Crippen molar-refractivity contribution in [2.45, 2.75) is 11.3 Å². The average molecular weight is 464 g/mol. The van der Waals surface area contributed by atoms with E-state index >= 15 is 0 Å². The van der Waals surface area contributed by atoms with Crippen LogP contribution < -0.4 is 0 Å². The summed E-state index contributed by atoms with van der Waals surface area (Å²) >= 11 is 3.24. The van der Waals surface area contributed by atoms with Gasteiger partial charge >= 0.3 is 0 Å². The predicted octanol–water partition coefficient (Wildman–Crippen LogP) is 5.39. The van der Waals surface area contributed by atoms with Gasteiger partial charge in [-0.2, -0.15) is 0 Å². The first kappa shape index (κ1) is 19.6. The highest BCUT2D eigenvalue weighted by Crippen LogP contribution is 2.40. The molecule has 0 saturated carbocycles. The molecular weight excluding hydrogens is 454 g/mol. The number of sulfone groups is 1. The molecule has 0 unspecified atom stereocenters. The number of nitrogens with zero attached hydrogens (tertiary/aromatic N) is 1. The fraction of sp³-hybridized carbons (Fsp3) is 0.118. The number of rotatable bonds is 4. The molecule has 0 fully saturated rings. The summed E-state index contributed by atoms with van der Waals surface area (Å²) in [6, 6.07) is 7.70. The molecular formula is C17H10BrF4NO3S. The number of benzene rings is 2. The van der Waals surface area contributed by atoms with Crippen LogP contribution in [0.2, 0.25) is 0 Å². The van der Waals surface area contributed by atoms with Gasteiger partial charge in [0.2, 0.25) is 5.76 Å². The first-order valence-corrected chi connectivity index (χ1v) is 10.0. The number of hydrogen-bond donors (Lipinski definition) is 0. The second kappa shape index (κ2) is 7.08. The Morgan fingerprint density at radius 3 is 2.07 bits per heavy atom.